The second-order valence-electron chi connectivity index (χ2n) is 6.12. The lowest BCUT2D eigenvalue weighted by molar-refractivity contribution is -0.125. The molecule has 1 aromatic carbocycles. The Morgan fingerprint density at radius 1 is 1.20 bits per heavy atom. The zero-order valence-corrected chi connectivity index (χ0v) is 12.4. The zero-order chi connectivity index (χ0) is 14.9. The minimum Gasteiger partial charge on any atom is -0.299 e. The van der Waals surface area contributed by atoms with Gasteiger partial charge in [0, 0.05) is 29.0 Å². The Morgan fingerprint density at radius 3 is 2.50 bits per heavy atom. The monoisotopic (exact) mass is 269 g/mol. The molecule has 0 spiro atoms. The molecule has 0 N–H and O–H groups in total. The van der Waals surface area contributed by atoms with Crippen LogP contribution in [0, 0.1) is 5.41 Å². The molecule has 20 heavy (non-hydrogen) atoms. The third-order valence-corrected chi connectivity index (χ3v) is 3.39. The lowest BCUT2D eigenvalue weighted by Gasteiger charge is -2.17. The van der Waals surface area contributed by atoms with Crippen molar-refractivity contribution in [1.29, 1.82) is 0 Å². The highest BCUT2D eigenvalue weighted by atomic mass is 16.1. The Bertz CT molecular complexity index is 681. The maximum absolute atomic E-state index is 12.2. The van der Waals surface area contributed by atoms with Crippen molar-refractivity contribution in [2.75, 3.05) is 0 Å². The van der Waals surface area contributed by atoms with Crippen molar-refractivity contribution in [3.63, 3.8) is 0 Å². The summed E-state index contributed by atoms with van der Waals surface area (Å²) in [5.74, 6) is 0.179. The smallest absolute Gasteiger partial charge is 0.161 e. The summed E-state index contributed by atoms with van der Waals surface area (Å²) in [5.41, 5.74) is 1.95. The molecule has 0 amide bonds. The van der Waals surface area contributed by atoms with Crippen molar-refractivity contribution < 1.29 is 9.59 Å². The lowest BCUT2D eigenvalue weighted by Crippen LogP contribution is -2.22. The van der Waals surface area contributed by atoms with Gasteiger partial charge in [0.05, 0.1) is 5.52 Å². The predicted molar refractivity (Wildman–Crippen MR) is 79.9 cm³/mol. The fourth-order valence-electron chi connectivity index (χ4n) is 2.00. The Hall–Kier alpha value is -2.03. The average molecular weight is 269 g/mol. The number of hydrogen-bond donors (Lipinski definition) is 0. The van der Waals surface area contributed by atoms with E-state index in [4.69, 9.17) is 0 Å². The second-order valence-corrected chi connectivity index (χ2v) is 6.12. The molecule has 0 fully saturated rings. The van der Waals surface area contributed by atoms with Crippen molar-refractivity contribution in [2.45, 2.75) is 34.1 Å². The third-order valence-electron chi connectivity index (χ3n) is 3.39. The Balaban J connectivity index is 2.45. The summed E-state index contributed by atoms with van der Waals surface area (Å²) in [6.07, 6.45) is 1.95. The van der Waals surface area contributed by atoms with Crippen molar-refractivity contribution in [2.24, 2.45) is 5.41 Å². The Morgan fingerprint density at radius 2 is 1.90 bits per heavy atom. The van der Waals surface area contributed by atoms with Crippen LogP contribution < -0.4 is 0 Å². The summed E-state index contributed by atoms with van der Waals surface area (Å²) in [7, 11) is 0. The van der Waals surface area contributed by atoms with Crippen LogP contribution in [0.5, 0.6) is 0 Å². The van der Waals surface area contributed by atoms with E-state index < -0.39 is 0 Å². The number of carbonyl (C=O) groups is 2. The number of rotatable bonds is 3. The first-order valence-electron chi connectivity index (χ1n) is 6.71. The van der Waals surface area contributed by atoms with E-state index in [-0.39, 0.29) is 17.0 Å². The van der Waals surface area contributed by atoms with Crippen molar-refractivity contribution in [3.05, 3.63) is 41.6 Å². The molecule has 0 aliphatic rings. The molecule has 104 valence electrons. The number of ketones is 2. The van der Waals surface area contributed by atoms with Crippen molar-refractivity contribution in [1.82, 2.24) is 4.98 Å². The molecule has 2 aromatic rings. The van der Waals surface area contributed by atoms with Gasteiger partial charge in [0.2, 0.25) is 0 Å². The number of fused-ring (bicyclic) bond motifs is 1. The van der Waals surface area contributed by atoms with E-state index >= 15 is 0 Å². The van der Waals surface area contributed by atoms with Gasteiger partial charge >= 0.3 is 0 Å². The maximum Gasteiger partial charge on any atom is 0.161 e. The van der Waals surface area contributed by atoms with Crippen LogP contribution in [0.25, 0.3) is 10.9 Å². The van der Waals surface area contributed by atoms with Gasteiger partial charge in [-0.05, 0) is 18.6 Å². The first-order chi connectivity index (χ1) is 9.29. The van der Waals surface area contributed by atoms with Gasteiger partial charge in [0.15, 0.2) is 5.78 Å². The summed E-state index contributed by atoms with van der Waals surface area (Å²) >= 11 is 0. The molecule has 3 heteroatoms. The number of pyridine rings is 1. The van der Waals surface area contributed by atoms with Gasteiger partial charge in [-0.25, -0.2) is 0 Å². The standard InChI is InChI=1S/C17H19NO2/c1-11(19)14-8-12-6-5-7-13(16(12)18-10-14)9-15(20)17(2,3)4/h5-8,10H,9H2,1-4H3. The molecular weight excluding hydrogens is 250 g/mol. The fourth-order valence-corrected chi connectivity index (χ4v) is 2.00. The van der Waals surface area contributed by atoms with E-state index in [9.17, 15) is 9.59 Å². The minimum absolute atomic E-state index is 0.00410. The molecule has 1 heterocycles. The Labute approximate surface area is 119 Å². The van der Waals surface area contributed by atoms with Crippen LogP contribution in [0.4, 0.5) is 0 Å². The molecule has 0 unspecified atom stereocenters. The second kappa shape index (κ2) is 5.16. The summed E-state index contributed by atoms with van der Waals surface area (Å²) < 4.78 is 0. The van der Waals surface area contributed by atoms with Crippen LogP contribution in [0.15, 0.2) is 30.5 Å². The Kier molecular flexibility index (Phi) is 3.71. The maximum atomic E-state index is 12.2. The predicted octanol–water partition coefficient (Wildman–Crippen LogP) is 3.60. The van der Waals surface area contributed by atoms with Gasteiger partial charge in [-0.3, -0.25) is 14.6 Å². The van der Waals surface area contributed by atoms with E-state index in [0.29, 0.717) is 12.0 Å². The number of carbonyl (C=O) groups excluding carboxylic acids is 2. The van der Waals surface area contributed by atoms with Gasteiger partial charge in [-0.2, -0.15) is 0 Å². The summed E-state index contributed by atoms with van der Waals surface area (Å²) in [6.45, 7) is 7.28. The molecule has 1 aromatic heterocycles. The number of benzene rings is 1. The van der Waals surface area contributed by atoms with Crippen LogP contribution in [0.1, 0.15) is 43.6 Å². The quantitative estimate of drug-likeness (QED) is 0.800. The molecule has 0 aliphatic carbocycles. The highest BCUT2D eigenvalue weighted by Crippen LogP contribution is 2.23. The molecule has 0 bridgehead atoms. The van der Waals surface area contributed by atoms with Crippen LogP contribution in [-0.4, -0.2) is 16.6 Å². The van der Waals surface area contributed by atoms with Crippen LogP contribution in [0.2, 0.25) is 0 Å². The summed E-state index contributed by atoms with van der Waals surface area (Å²) in [4.78, 5) is 27.9. The van der Waals surface area contributed by atoms with Gasteiger partial charge < -0.3 is 0 Å². The SMILES string of the molecule is CC(=O)c1cnc2c(CC(=O)C(C)(C)C)cccc2c1. The molecular formula is C17H19NO2. The van der Waals surface area contributed by atoms with E-state index in [1.165, 1.54) is 6.92 Å². The van der Waals surface area contributed by atoms with Gasteiger partial charge in [-0.1, -0.05) is 39.0 Å². The van der Waals surface area contributed by atoms with Crippen molar-refractivity contribution >= 4 is 22.5 Å². The molecule has 0 saturated heterocycles. The molecule has 0 atom stereocenters. The van der Waals surface area contributed by atoms with Gasteiger partial charge in [0.25, 0.3) is 0 Å². The van der Waals surface area contributed by atoms with Crippen molar-refractivity contribution in [3.8, 4) is 0 Å². The zero-order valence-electron chi connectivity index (χ0n) is 12.4. The van der Waals surface area contributed by atoms with Crippen LogP contribution >= 0.6 is 0 Å². The number of nitrogens with zero attached hydrogens (tertiary/aromatic N) is 1. The first-order valence-corrected chi connectivity index (χ1v) is 6.71. The average Bonchev–Trinajstić information content (AvgIpc) is 2.37. The van der Waals surface area contributed by atoms with E-state index in [1.54, 1.807) is 6.20 Å². The first kappa shape index (κ1) is 14.4. The molecule has 3 nitrogen and oxygen atoms in total. The number of hydrogen-bond acceptors (Lipinski definition) is 3. The summed E-state index contributed by atoms with van der Waals surface area (Å²) in [6, 6.07) is 7.57. The highest BCUT2D eigenvalue weighted by Gasteiger charge is 2.22. The number of Topliss-reactive ketones (excluding diaryl/α,β-unsaturated/α-hetero) is 2. The molecule has 0 saturated carbocycles. The van der Waals surface area contributed by atoms with Gasteiger partial charge in [-0.15, -0.1) is 0 Å². The molecule has 0 aliphatic heterocycles. The number of aromatic nitrogens is 1. The van der Waals surface area contributed by atoms with E-state index in [1.807, 2.05) is 45.0 Å². The van der Waals surface area contributed by atoms with Crippen LogP contribution in [0.3, 0.4) is 0 Å². The fraction of sp³-hybridized carbons (Fsp3) is 0.353. The topological polar surface area (TPSA) is 47.0 Å². The van der Waals surface area contributed by atoms with E-state index in [0.717, 1.165) is 16.5 Å². The largest absolute Gasteiger partial charge is 0.299 e. The minimum atomic E-state index is -0.360. The summed E-state index contributed by atoms with van der Waals surface area (Å²) in [5, 5.41) is 0.900. The van der Waals surface area contributed by atoms with Crippen LogP contribution in [-0.2, 0) is 11.2 Å². The molecule has 2 rings (SSSR count). The van der Waals surface area contributed by atoms with E-state index in [2.05, 4.69) is 4.98 Å². The normalized spacial score (nSPS) is 11.6. The highest BCUT2D eigenvalue weighted by molar-refractivity contribution is 5.98. The molecule has 0 radical (unpaired) electrons. The number of para-hydroxylation sites is 1. The van der Waals surface area contributed by atoms with Gasteiger partial charge in [0.1, 0.15) is 5.78 Å². The third kappa shape index (κ3) is 2.93. The lowest BCUT2D eigenvalue weighted by atomic mass is 9.86.